The van der Waals surface area contributed by atoms with Crippen molar-refractivity contribution in [1.82, 2.24) is 19.5 Å². The number of aldehydes is 1. The Kier molecular flexibility index (Phi) is 3.43. The fourth-order valence-corrected chi connectivity index (χ4v) is 2.63. The van der Waals surface area contributed by atoms with Crippen molar-refractivity contribution in [3.05, 3.63) is 52.3 Å². The van der Waals surface area contributed by atoms with E-state index in [-0.39, 0.29) is 5.15 Å². The van der Waals surface area contributed by atoms with E-state index >= 15 is 0 Å². The third-order valence-corrected chi connectivity index (χ3v) is 3.70. The molecule has 106 valence electrons. The van der Waals surface area contributed by atoms with Crippen LogP contribution >= 0.6 is 11.6 Å². The maximum Gasteiger partial charge on any atom is 0.155 e. The van der Waals surface area contributed by atoms with Gasteiger partial charge in [-0.05, 0) is 19.1 Å². The number of aryl methyl sites for hydroxylation is 2. The lowest BCUT2D eigenvalue weighted by atomic mass is 10.2. The van der Waals surface area contributed by atoms with Crippen molar-refractivity contribution in [2.24, 2.45) is 7.05 Å². The quantitative estimate of drug-likeness (QED) is 0.551. The lowest BCUT2D eigenvalue weighted by molar-refractivity contribution is 0.112. The Hall–Kier alpha value is -2.27. The normalized spacial score (nSPS) is 11.0. The zero-order valence-electron chi connectivity index (χ0n) is 11.7. The summed E-state index contributed by atoms with van der Waals surface area (Å²) >= 11 is 6.01. The van der Waals surface area contributed by atoms with Crippen LogP contribution in [-0.2, 0) is 13.5 Å². The largest absolute Gasteiger partial charge is 0.331 e. The van der Waals surface area contributed by atoms with E-state index in [0.29, 0.717) is 29.8 Å². The number of carbonyl (C=O) groups excluding carboxylic acids is 1. The highest BCUT2D eigenvalue weighted by atomic mass is 35.5. The standard InChI is InChI=1S/C15H13ClN4O/c1-9-17-12(10(8-21)15(16)18-9)7-14-19-11-5-3-4-6-13(11)20(14)2/h3-6,8H,7H2,1-2H3. The maximum atomic E-state index is 11.2. The number of aromatic nitrogens is 4. The third kappa shape index (κ3) is 2.40. The molecule has 0 aliphatic heterocycles. The summed E-state index contributed by atoms with van der Waals surface area (Å²) in [5.74, 6) is 1.37. The Morgan fingerprint density at radius 1 is 1.24 bits per heavy atom. The summed E-state index contributed by atoms with van der Waals surface area (Å²) in [5, 5.41) is 0.186. The van der Waals surface area contributed by atoms with Gasteiger partial charge in [-0.1, -0.05) is 23.7 Å². The highest BCUT2D eigenvalue weighted by Crippen LogP contribution is 2.20. The molecule has 0 unspecified atom stereocenters. The van der Waals surface area contributed by atoms with Gasteiger partial charge in [0.25, 0.3) is 0 Å². The van der Waals surface area contributed by atoms with Crippen LogP contribution in [0.15, 0.2) is 24.3 Å². The molecule has 0 fully saturated rings. The molecule has 6 heteroatoms. The summed E-state index contributed by atoms with van der Waals surface area (Å²) in [6.45, 7) is 1.75. The molecule has 0 saturated heterocycles. The van der Waals surface area contributed by atoms with Crippen molar-refractivity contribution in [3.63, 3.8) is 0 Å². The monoisotopic (exact) mass is 300 g/mol. The van der Waals surface area contributed by atoms with E-state index < -0.39 is 0 Å². The molecule has 2 aromatic heterocycles. The Labute approximate surface area is 126 Å². The SMILES string of the molecule is Cc1nc(Cl)c(C=O)c(Cc2nc3ccccc3n2C)n1. The second-order valence-electron chi connectivity index (χ2n) is 4.79. The summed E-state index contributed by atoms with van der Waals surface area (Å²) in [4.78, 5) is 24.1. The smallest absolute Gasteiger partial charge is 0.155 e. The molecule has 0 N–H and O–H groups in total. The van der Waals surface area contributed by atoms with E-state index in [1.165, 1.54) is 0 Å². The van der Waals surface area contributed by atoms with Crippen LogP contribution in [0, 0.1) is 6.92 Å². The molecule has 21 heavy (non-hydrogen) atoms. The molecular weight excluding hydrogens is 288 g/mol. The van der Waals surface area contributed by atoms with E-state index in [4.69, 9.17) is 11.6 Å². The number of rotatable bonds is 3. The molecule has 0 spiro atoms. The van der Waals surface area contributed by atoms with Crippen LogP contribution in [0.3, 0.4) is 0 Å². The number of hydrogen-bond acceptors (Lipinski definition) is 4. The number of benzene rings is 1. The molecule has 5 nitrogen and oxygen atoms in total. The van der Waals surface area contributed by atoms with Gasteiger partial charge in [-0.15, -0.1) is 0 Å². The molecule has 2 heterocycles. The predicted octanol–water partition coefficient (Wildman–Crippen LogP) is 2.73. The van der Waals surface area contributed by atoms with Gasteiger partial charge in [0, 0.05) is 13.5 Å². The molecule has 1 aromatic carbocycles. The minimum atomic E-state index is 0.186. The van der Waals surface area contributed by atoms with Gasteiger partial charge >= 0.3 is 0 Å². The molecule has 0 amide bonds. The zero-order valence-corrected chi connectivity index (χ0v) is 12.4. The van der Waals surface area contributed by atoms with Gasteiger partial charge in [-0.25, -0.2) is 15.0 Å². The van der Waals surface area contributed by atoms with Crippen molar-refractivity contribution in [1.29, 1.82) is 0 Å². The molecular formula is C15H13ClN4O. The molecule has 0 bridgehead atoms. The molecule has 0 aliphatic carbocycles. The highest BCUT2D eigenvalue weighted by molar-refractivity contribution is 6.31. The number of imidazole rings is 1. The molecule has 3 aromatic rings. The summed E-state index contributed by atoms with van der Waals surface area (Å²) in [6, 6.07) is 7.88. The Bertz CT molecular complexity index is 841. The third-order valence-electron chi connectivity index (χ3n) is 3.41. The van der Waals surface area contributed by atoms with E-state index in [9.17, 15) is 4.79 Å². The summed E-state index contributed by atoms with van der Waals surface area (Å²) in [6.07, 6.45) is 1.13. The fourth-order valence-electron chi connectivity index (χ4n) is 2.36. The van der Waals surface area contributed by atoms with E-state index in [1.807, 2.05) is 35.9 Å². The summed E-state index contributed by atoms with van der Waals surface area (Å²) in [5.41, 5.74) is 2.88. The predicted molar refractivity (Wildman–Crippen MR) is 80.7 cm³/mol. The van der Waals surface area contributed by atoms with Gasteiger partial charge in [-0.2, -0.15) is 0 Å². The summed E-state index contributed by atoms with van der Waals surface area (Å²) in [7, 11) is 1.95. The van der Waals surface area contributed by atoms with E-state index in [0.717, 1.165) is 16.9 Å². The van der Waals surface area contributed by atoms with Crippen molar-refractivity contribution in [3.8, 4) is 0 Å². The summed E-state index contributed by atoms with van der Waals surface area (Å²) < 4.78 is 2.00. The topological polar surface area (TPSA) is 60.7 Å². The highest BCUT2D eigenvalue weighted by Gasteiger charge is 2.15. The van der Waals surface area contributed by atoms with Crippen LogP contribution in [0.1, 0.15) is 27.7 Å². The number of hydrogen-bond donors (Lipinski definition) is 0. The Balaban J connectivity index is 2.10. The molecule has 3 rings (SSSR count). The molecule has 0 radical (unpaired) electrons. The lowest BCUT2D eigenvalue weighted by Crippen LogP contribution is -2.07. The number of halogens is 1. The van der Waals surface area contributed by atoms with Gasteiger partial charge in [0.1, 0.15) is 16.8 Å². The van der Waals surface area contributed by atoms with Gasteiger partial charge in [-0.3, -0.25) is 4.79 Å². The zero-order chi connectivity index (χ0) is 15.0. The lowest BCUT2D eigenvalue weighted by Gasteiger charge is -2.07. The van der Waals surface area contributed by atoms with Crippen molar-refractivity contribution >= 4 is 28.9 Å². The molecule has 0 aliphatic rings. The number of carbonyl (C=O) groups is 1. The maximum absolute atomic E-state index is 11.2. The van der Waals surface area contributed by atoms with Crippen LogP contribution in [0.4, 0.5) is 0 Å². The van der Waals surface area contributed by atoms with Crippen LogP contribution in [0.2, 0.25) is 5.15 Å². The average molecular weight is 301 g/mol. The number of fused-ring (bicyclic) bond motifs is 1. The number of nitrogens with zero attached hydrogens (tertiary/aromatic N) is 4. The van der Waals surface area contributed by atoms with E-state index in [2.05, 4.69) is 15.0 Å². The molecule has 0 atom stereocenters. The van der Waals surface area contributed by atoms with Crippen molar-refractivity contribution in [2.45, 2.75) is 13.3 Å². The Morgan fingerprint density at radius 3 is 2.71 bits per heavy atom. The fraction of sp³-hybridized carbons (Fsp3) is 0.200. The second-order valence-corrected chi connectivity index (χ2v) is 5.15. The minimum Gasteiger partial charge on any atom is -0.331 e. The van der Waals surface area contributed by atoms with Crippen molar-refractivity contribution < 1.29 is 4.79 Å². The minimum absolute atomic E-state index is 0.186. The second kappa shape index (κ2) is 5.26. The first-order valence-corrected chi connectivity index (χ1v) is 6.86. The van der Waals surface area contributed by atoms with Gasteiger partial charge in [0.15, 0.2) is 6.29 Å². The van der Waals surface area contributed by atoms with Gasteiger partial charge in [0.2, 0.25) is 0 Å². The van der Waals surface area contributed by atoms with Crippen LogP contribution < -0.4 is 0 Å². The van der Waals surface area contributed by atoms with Crippen LogP contribution in [0.5, 0.6) is 0 Å². The first kappa shape index (κ1) is 13.7. The van der Waals surface area contributed by atoms with Gasteiger partial charge < -0.3 is 4.57 Å². The van der Waals surface area contributed by atoms with E-state index in [1.54, 1.807) is 6.92 Å². The van der Waals surface area contributed by atoms with Gasteiger partial charge in [0.05, 0.1) is 22.3 Å². The first-order chi connectivity index (χ1) is 10.1. The Morgan fingerprint density at radius 2 is 2.00 bits per heavy atom. The number of para-hydroxylation sites is 2. The van der Waals surface area contributed by atoms with Crippen LogP contribution in [-0.4, -0.2) is 25.8 Å². The average Bonchev–Trinajstić information content (AvgIpc) is 2.76. The molecule has 0 saturated carbocycles. The van der Waals surface area contributed by atoms with Crippen LogP contribution in [0.25, 0.3) is 11.0 Å². The van der Waals surface area contributed by atoms with Crippen molar-refractivity contribution in [2.75, 3.05) is 0 Å². The first-order valence-electron chi connectivity index (χ1n) is 6.48.